The average molecular weight is 365 g/mol. The summed E-state index contributed by atoms with van der Waals surface area (Å²) in [6.45, 7) is 7.47. The van der Waals surface area contributed by atoms with Gasteiger partial charge in [-0.15, -0.1) is 0 Å². The van der Waals surface area contributed by atoms with Gasteiger partial charge in [-0.2, -0.15) is 0 Å². The second-order valence-electron chi connectivity index (χ2n) is 4.87. The van der Waals surface area contributed by atoms with Gasteiger partial charge in [-0.05, 0) is 65.7 Å². The Balaban J connectivity index is 2.51. The Kier molecular flexibility index (Phi) is 4.99. The highest BCUT2D eigenvalue weighted by Gasteiger charge is 2.17. The molecule has 0 aliphatic carbocycles. The van der Waals surface area contributed by atoms with Crippen molar-refractivity contribution < 1.29 is 0 Å². The monoisotopic (exact) mass is 365 g/mol. The van der Waals surface area contributed by atoms with Crippen LogP contribution in [-0.2, 0) is 0 Å². The molecular weight excluding hydrogens is 345 g/mol. The smallest absolute Gasteiger partial charge is 0.0589 e. The third-order valence-electron chi connectivity index (χ3n) is 3.37. The fraction of sp³-hybridized carbons (Fsp3) is 0.294. The van der Waals surface area contributed by atoms with Gasteiger partial charge in [-0.25, -0.2) is 0 Å². The van der Waals surface area contributed by atoms with Crippen LogP contribution in [0.2, 0.25) is 0 Å². The van der Waals surface area contributed by atoms with E-state index in [0.29, 0.717) is 0 Å². The Bertz CT molecular complexity index is 563. The minimum absolute atomic E-state index is 0.276. The van der Waals surface area contributed by atoms with Crippen molar-refractivity contribution in [3.63, 3.8) is 0 Å². The van der Waals surface area contributed by atoms with Crippen LogP contribution in [0.4, 0.5) is 0 Å². The lowest BCUT2D eigenvalue weighted by Gasteiger charge is -2.22. The van der Waals surface area contributed by atoms with Gasteiger partial charge in [0.25, 0.3) is 0 Å². The summed E-state index contributed by atoms with van der Waals surface area (Å²) in [5.74, 6) is 0. The summed E-state index contributed by atoms with van der Waals surface area (Å²) in [6.07, 6.45) is 0. The van der Waals surface area contributed by atoms with Gasteiger partial charge in [0.2, 0.25) is 0 Å². The standard InChI is InChI=1S/C17H20IN/c1-4-19-17(14-7-5-6-8-16(14)18)15-11-12(2)9-10-13(15)3/h5-11,17,19H,4H2,1-3H3. The molecule has 2 rings (SSSR count). The molecule has 0 aliphatic rings. The maximum atomic E-state index is 3.62. The van der Waals surface area contributed by atoms with E-state index in [0.717, 1.165) is 6.54 Å². The van der Waals surface area contributed by atoms with Crippen LogP contribution in [0, 0.1) is 17.4 Å². The summed E-state index contributed by atoms with van der Waals surface area (Å²) in [5, 5.41) is 3.62. The molecule has 0 heterocycles. The van der Waals surface area contributed by atoms with E-state index >= 15 is 0 Å². The fourth-order valence-electron chi connectivity index (χ4n) is 2.37. The molecule has 0 fully saturated rings. The van der Waals surface area contributed by atoms with E-state index in [2.05, 4.69) is 91.1 Å². The molecule has 0 radical (unpaired) electrons. The first-order chi connectivity index (χ1) is 9.13. The van der Waals surface area contributed by atoms with E-state index < -0.39 is 0 Å². The van der Waals surface area contributed by atoms with E-state index in [4.69, 9.17) is 0 Å². The predicted octanol–water partition coefficient (Wildman–Crippen LogP) is 4.61. The Morgan fingerprint density at radius 3 is 2.47 bits per heavy atom. The molecule has 0 saturated carbocycles. The largest absolute Gasteiger partial charge is 0.306 e. The molecule has 2 aromatic rings. The quantitative estimate of drug-likeness (QED) is 0.781. The van der Waals surface area contributed by atoms with Crippen LogP contribution < -0.4 is 5.32 Å². The van der Waals surface area contributed by atoms with E-state index in [-0.39, 0.29) is 6.04 Å². The Labute approximate surface area is 129 Å². The molecule has 1 nitrogen and oxygen atoms in total. The summed E-state index contributed by atoms with van der Waals surface area (Å²) in [7, 11) is 0. The molecule has 0 saturated heterocycles. The van der Waals surface area contributed by atoms with Crippen LogP contribution in [0.15, 0.2) is 42.5 Å². The molecule has 2 aromatic carbocycles. The van der Waals surface area contributed by atoms with Crippen LogP contribution >= 0.6 is 22.6 Å². The van der Waals surface area contributed by atoms with Crippen molar-refractivity contribution in [3.8, 4) is 0 Å². The summed E-state index contributed by atoms with van der Waals surface area (Å²) in [4.78, 5) is 0. The van der Waals surface area contributed by atoms with E-state index in [1.54, 1.807) is 0 Å². The minimum Gasteiger partial charge on any atom is -0.306 e. The molecule has 100 valence electrons. The van der Waals surface area contributed by atoms with Gasteiger partial charge < -0.3 is 5.32 Å². The molecule has 0 bridgehead atoms. The lowest BCUT2D eigenvalue weighted by molar-refractivity contribution is 0.625. The summed E-state index contributed by atoms with van der Waals surface area (Å²) in [6, 6.07) is 15.6. The Hall–Kier alpha value is -0.870. The normalized spacial score (nSPS) is 12.4. The van der Waals surface area contributed by atoms with Crippen molar-refractivity contribution in [3.05, 3.63) is 68.3 Å². The lowest BCUT2D eigenvalue weighted by Crippen LogP contribution is -2.23. The van der Waals surface area contributed by atoms with Crippen molar-refractivity contribution in [1.82, 2.24) is 5.32 Å². The molecule has 0 amide bonds. The second kappa shape index (κ2) is 6.53. The maximum absolute atomic E-state index is 3.62. The maximum Gasteiger partial charge on any atom is 0.0589 e. The number of rotatable bonds is 4. The first-order valence-electron chi connectivity index (χ1n) is 6.68. The van der Waals surface area contributed by atoms with E-state index in [1.165, 1.54) is 25.8 Å². The number of benzene rings is 2. The molecule has 0 aliphatic heterocycles. The third kappa shape index (κ3) is 3.37. The summed E-state index contributed by atoms with van der Waals surface area (Å²) < 4.78 is 1.31. The highest BCUT2D eigenvalue weighted by atomic mass is 127. The average Bonchev–Trinajstić information content (AvgIpc) is 2.40. The molecule has 2 heteroatoms. The van der Waals surface area contributed by atoms with Crippen molar-refractivity contribution in [1.29, 1.82) is 0 Å². The van der Waals surface area contributed by atoms with Crippen molar-refractivity contribution in [2.45, 2.75) is 26.8 Å². The Morgan fingerprint density at radius 2 is 1.79 bits per heavy atom. The van der Waals surface area contributed by atoms with E-state index in [1.807, 2.05) is 0 Å². The number of nitrogens with one attached hydrogen (secondary N) is 1. The fourth-order valence-corrected chi connectivity index (χ4v) is 3.07. The van der Waals surface area contributed by atoms with Crippen LogP contribution in [0.3, 0.4) is 0 Å². The number of halogens is 1. The van der Waals surface area contributed by atoms with Crippen molar-refractivity contribution in [2.75, 3.05) is 6.54 Å². The zero-order valence-electron chi connectivity index (χ0n) is 11.7. The summed E-state index contributed by atoms with van der Waals surface area (Å²) in [5.41, 5.74) is 5.40. The molecule has 1 unspecified atom stereocenters. The molecular formula is C17H20IN. The van der Waals surface area contributed by atoms with Gasteiger partial charge in [0.15, 0.2) is 0 Å². The minimum atomic E-state index is 0.276. The first-order valence-corrected chi connectivity index (χ1v) is 7.76. The zero-order chi connectivity index (χ0) is 13.8. The van der Waals surface area contributed by atoms with Gasteiger partial charge >= 0.3 is 0 Å². The van der Waals surface area contributed by atoms with Gasteiger partial charge in [-0.3, -0.25) is 0 Å². The summed E-state index contributed by atoms with van der Waals surface area (Å²) >= 11 is 2.42. The van der Waals surface area contributed by atoms with Crippen LogP contribution in [0.25, 0.3) is 0 Å². The number of hydrogen-bond acceptors (Lipinski definition) is 1. The highest BCUT2D eigenvalue weighted by molar-refractivity contribution is 14.1. The second-order valence-corrected chi connectivity index (χ2v) is 6.03. The first kappa shape index (κ1) is 14.5. The van der Waals surface area contributed by atoms with Gasteiger partial charge in [0.05, 0.1) is 6.04 Å². The number of aryl methyl sites for hydroxylation is 2. The van der Waals surface area contributed by atoms with E-state index in [9.17, 15) is 0 Å². The molecule has 1 atom stereocenters. The zero-order valence-corrected chi connectivity index (χ0v) is 13.9. The van der Waals surface area contributed by atoms with Gasteiger partial charge in [0.1, 0.15) is 0 Å². The SMILES string of the molecule is CCNC(c1cc(C)ccc1C)c1ccccc1I. The molecule has 19 heavy (non-hydrogen) atoms. The van der Waals surface area contributed by atoms with Crippen LogP contribution in [0.1, 0.15) is 35.2 Å². The van der Waals surface area contributed by atoms with Gasteiger partial charge in [0, 0.05) is 3.57 Å². The van der Waals surface area contributed by atoms with Crippen molar-refractivity contribution in [2.24, 2.45) is 0 Å². The van der Waals surface area contributed by atoms with Gasteiger partial charge in [-0.1, -0.05) is 48.9 Å². The molecule has 0 spiro atoms. The Morgan fingerprint density at radius 1 is 1.05 bits per heavy atom. The molecule has 1 N–H and O–H groups in total. The molecule has 0 aromatic heterocycles. The lowest BCUT2D eigenvalue weighted by atomic mass is 9.93. The third-order valence-corrected chi connectivity index (χ3v) is 4.35. The van der Waals surface area contributed by atoms with Crippen molar-refractivity contribution >= 4 is 22.6 Å². The number of hydrogen-bond donors (Lipinski definition) is 1. The highest BCUT2D eigenvalue weighted by Crippen LogP contribution is 2.28. The predicted molar refractivity (Wildman–Crippen MR) is 90.6 cm³/mol. The topological polar surface area (TPSA) is 12.0 Å². The van der Waals surface area contributed by atoms with Crippen LogP contribution in [-0.4, -0.2) is 6.54 Å². The van der Waals surface area contributed by atoms with Crippen LogP contribution in [0.5, 0.6) is 0 Å².